The van der Waals surface area contributed by atoms with E-state index in [2.05, 4.69) is 17.6 Å². The van der Waals surface area contributed by atoms with Crippen LogP contribution >= 0.6 is 23.2 Å². The van der Waals surface area contributed by atoms with Crippen LogP contribution in [0.3, 0.4) is 0 Å². The average molecular weight is 275 g/mol. The SMILES string of the molecule is CCCCNC(=O)Nc1cc(Cl)c(Cl)cc1C. The molecule has 0 fully saturated rings. The van der Waals surface area contributed by atoms with Gasteiger partial charge in [-0.15, -0.1) is 0 Å². The molecule has 2 amide bonds. The van der Waals surface area contributed by atoms with Gasteiger partial charge < -0.3 is 10.6 Å². The van der Waals surface area contributed by atoms with Crippen molar-refractivity contribution in [3.8, 4) is 0 Å². The van der Waals surface area contributed by atoms with Gasteiger partial charge in [-0.05, 0) is 31.0 Å². The minimum atomic E-state index is -0.222. The van der Waals surface area contributed by atoms with Crippen molar-refractivity contribution in [3.63, 3.8) is 0 Å². The first kappa shape index (κ1) is 14.1. The van der Waals surface area contributed by atoms with Crippen LogP contribution in [0, 0.1) is 6.92 Å². The minimum absolute atomic E-state index is 0.222. The van der Waals surface area contributed by atoms with Gasteiger partial charge in [-0.3, -0.25) is 0 Å². The van der Waals surface area contributed by atoms with Crippen LogP contribution < -0.4 is 10.6 Å². The van der Waals surface area contributed by atoms with Gasteiger partial charge in [0.15, 0.2) is 0 Å². The number of halogens is 2. The lowest BCUT2D eigenvalue weighted by atomic mass is 10.2. The van der Waals surface area contributed by atoms with Gasteiger partial charge in [0, 0.05) is 12.2 Å². The van der Waals surface area contributed by atoms with E-state index in [1.165, 1.54) is 0 Å². The zero-order valence-corrected chi connectivity index (χ0v) is 11.5. The van der Waals surface area contributed by atoms with Crippen molar-refractivity contribution in [1.82, 2.24) is 5.32 Å². The standard InChI is InChI=1S/C12H16Cl2N2O/c1-3-4-5-15-12(17)16-11-7-10(14)9(13)6-8(11)2/h6-7H,3-5H2,1-2H3,(H2,15,16,17). The quantitative estimate of drug-likeness (QED) is 0.793. The first-order chi connectivity index (χ1) is 8.04. The van der Waals surface area contributed by atoms with Gasteiger partial charge in [0.2, 0.25) is 0 Å². The fraction of sp³-hybridized carbons (Fsp3) is 0.417. The molecule has 0 radical (unpaired) electrons. The first-order valence-corrected chi connectivity index (χ1v) is 6.30. The molecule has 1 aromatic carbocycles. The summed E-state index contributed by atoms with van der Waals surface area (Å²) in [7, 11) is 0. The summed E-state index contributed by atoms with van der Waals surface area (Å²) in [6.07, 6.45) is 2.01. The van der Waals surface area contributed by atoms with Crippen LogP contribution in [-0.2, 0) is 0 Å². The van der Waals surface area contributed by atoms with E-state index in [9.17, 15) is 4.79 Å². The summed E-state index contributed by atoms with van der Waals surface area (Å²) in [5.74, 6) is 0. The third-order valence-corrected chi connectivity index (χ3v) is 3.05. The highest BCUT2D eigenvalue weighted by Gasteiger charge is 2.07. The molecule has 2 N–H and O–H groups in total. The second-order valence-electron chi connectivity index (χ2n) is 3.82. The van der Waals surface area contributed by atoms with Crippen LogP contribution in [0.1, 0.15) is 25.3 Å². The smallest absolute Gasteiger partial charge is 0.319 e. The Hall–Kier alpha value is -0.930. The Morgan fingerprint density at radius 2 is 1.94 bits per heavy atom. The molecule has 0 spiro atoms. The summed E-state index contributed by atoms with van der Waals surface area (Å²) >= 11 is 11.8. The Bertz CT molecular complexity index is 408. The normalized spacial score (nSPS) is 10.1. The van der Waals surface area contributed by atoms with Gasteiger partial charge in [-0.25, -0.2) is 4.79 Å². The Morgan fingerprint density at radius 1 is 1.29 bits per heavy atom. The number of aryl methyl sites for hydroxylation is 1. The molecule has 1 aromatic rings. The lowest BCUT2D eigenvalue weighted by Crippen LogP contribution is -2.29. The lowest BCUT2D eigenvalue weighted by Gasteiger charge is -2.10. The van der Waals surface area contributed by atoms with Crippen LogP contribution in [0.15, 0.2) is 12.1 Å². The number of carbonyl (C=O) groups is 1. The van der Waals surface area contributed by atoms with Crippen molar-refractivity contribution in [2.75, 3.05) is 11.9 Å². The molecule has 0 unspecified atom stereocenters. The first-order valence-electron chi connectivity index (χ1n) is 5.55. The van der Waals surface area contributed by atoms with Gasteiger partial charge in [0.25, 0.3) is 0 Å². The third kappa shape index (κ3) is 4.44. The summed E-state index contributed by atoms with van der Waals surface area (Å²) < 4.78 is 0. The van der Waals surface area contributed by atoms with Crippen LogP contribution in [0.5, 0.6) is 0 Å². The van der Waals surface area contributed by atoms with E-state index >= 15 is 0 Å². The number of anilines is 1. The number of benzene rings is 1. The van der Waals surface area contributed by atoms with Crippen molar-refractivity contribution in [1.29, 1.82) is 0 Å². The Kier molecular flexibility index (Phi) is 5.59. The maximum absolute atomic E-state index is 11.5. The predicted octanol–water partition coefficient (Wildman–Crippen LogP) is 4.22. The maximum atomic E-state index is 11.5. The molecule has 17 heavy (non-hydrogen) atoms. The Balaban J connectivity index is 2.62. The Labute approximate surface area is 111 Å². The molecule has 94 valence electrons. The molecular weight excluding hydrogens is 259 g/mol. The highest BCUT2D eigenvalue weighted by atomic mass is 35.5. The van der Waals surface area contributed by atoms with Gasteiger partial charge in [0.1, 0.15) is 0 Å². The molecule has 0 aliphatic rings. The number of amides is 2. The summed E-state index contributed by atoms with van der Waals surface area (Å²) in [4.78, 5) is 11.5. The van der Waals surface area contributed by atoms with Crippen molar-refractivity contribution in [3.05, 3.63) is 27.7 Å². The summed E-state index contributed by atoms with van der Waals surface area (Å²) in [6.45, 7) is 4.61. The molecule has 5 heteroatoms. The number of hydrogen-bond donors (Lipinski definition) is 2. The van der Waals surface area contributed by atoms with E-state index in [1.54, 1.807) is 12.1 Å². The van der Waals surface area contributed by atoms with E-state index in [1.807, 2.05) is 6.92 Å². The van der Waals surface area contributed by atoms with Gasteiger partial charge in [-0.2, -0.15) is 0 Å². The Morgan fingerprint density at radius 3 is 2.59 bits per heavy atom. The predicted molar refractivity (Wildman–Crippen MR) is 73.1 cm³/mol. The van der Waals surface area contributed by atoms with Crippen LogP contribution in [0.4, 0.5) is 10.5 Å². The molecule has 0 heterocycles. The minimum Gasteiger partial charge on any atom is -0.338 e. The van der Waals surface area contributed by atoms with Gasteiger partial charge in [0.05, 0.1) is 10.0 Å². The molecule has 3 nitrogen and oxygen atoms in total. The third-order valence-electron chi connectivity index (χ3n) is 2.33. The topological polar surface area (TPSA) is 41.1 Å². The van der Waals surface area contributed by atoms with Gasteiger partial charge in [-0.1, -0.05) is 36.5 Å². The number of urea groups is 1. The summed E-state index contributed by atoms with van der Waals surface area (Å²) in [6, 6.07) is 3.16. The number of nitrogens with one attached hydrogen (secondary N) is 2. The maximum Gasteiger partial charge on any atom is 0.319 e. The summed E-state index contributed by atoms with van der Waals surface area (Å²) in [5.41, 5.74) is 1.55. The van der Waals surface area contributed by atoms with E-state index in [0.717, 1.165) is 18.4 Å². The van der Waals surface area contributed by atoms with Crippen LogP contribution in [0.25, 0.3) is 0 Å². The summed E-state index contributed by atoms with van der Waals surface area (Å²) in [5, 5.41) is 6.43. The lowest BCUT2D eigenvalue weighted by molar-refractivity contribution is 0.252. The van der Waals surface area contributed by atoms with Crippen molar-refractivity contribution in [2.45, 2.75) is 26.7 Å². The number of hydrogen-bond acceptors (Lipinski definition) is 1. The second-order valence-corrected chi connectivity index (χ2v) is 4.63. The van der Waals surface area contributed by atoms with E-state index in [4.69, 9.17) is 23.2 Å². The van der Waals surface area contributed by atoms with Crippen molar-refractivity contribution in [2.24, 2.45) is 0 Å². The van der Waals surface area contributed by atoms with E-state index < -0.39 is 0 Å². The molecule has 0 aliphatic heterocycles. The molecule has 0 aromatic heterocycles. The number of carbonyl (C=O) groups excluding carboxylic acids is 1. The fourth-order valence-corrected chi connectivity index (χ4v) is 1.71. The molecule has 0 aliphatic carbocycles. The molecule has 0 bridgehead atoms. The second kappa shape index (κ2) is 6.72. The van der Waals surface area contributed by atoms with Crippen molar-refractivity contribution < 1.29 is 4.79 Å². The van der Waals surface area contributed by atoms with Crippen LogP contribution in [0.2, 0.25) is 10.0 Å². The highest BCUT2D eigenvalue weighted by molar-refractivity contribution is 6.42. The fourth-order valence-electron chi connectivity index (χ4n) is 1.33. The highest BCUT2D eigenvalue weighted by Crippen LogP contribution is 2.28. The van der Waals surface area contributed by atoms with Crippen molar-refractivity contribution >= 4 is 34.9 Å². The number of rotatable bonds is 4. The largest absolute Gasteiger partial charge is 0.338 e. The van der Waals surface area contributed by atoms with E-state index in [0.29, 0.717) is 22.3 Å². The van der Waals surface area contributed by atoms with E-state index in [-0.39, 0.29) is 6.03 Å². The molecule has 0 saturated heterocycles. The zero-order valence-electron chi connectivity index (χ0n) is 9.94. The van der Waals surface area contributed by atoms with Crippen LogP contribution in [-0.4, -0.2) is 12.6 Å². The van der Waals surface area contributed by atoms with Gasteiger partial charge >= 0.3 is 6.03 Å². The molecule has 0 atom stereocenters. The monoisotopic (exact) mass is 274 g/mol. The molecule has 0 saturated carbocycles. The zero-order chi connectivity index (χ0) is 12.8. The molecule has 1 rings (SSSR count). The number of unbranched alkanes of at least 4 members (excludes halogenated alkanes) is 1. The molecular formula is C12H16Cl2N2O. The average Bonchev–Trinajstić information content (AvgIpc) is 2.26.